The van der Waals surface area contributed by atoms with Gasteiger partial charge in [-0.3, -0.25) is 9.36 Å². The van der Waals surface area contributed by atoms with E-state index in [0.29, 0.717) is 22.3 Å². The Kier molecular flexibility index (Phi) is 8.57. The molecule has 1 fully saturated rings. The minimum absolute atomic E-state index is 0.0323. The Hall–Kier alpha value is -3.17. The molecule has 0 spiro atoms. The van der Waals surface area contributed by atoms with Crippen molar-refractivity contribution in [3.05, 3.63) is 64.2 Å². The monoisotopic (exact) mass is 406 g/mol. The van der Waals surface area contributed by atoms with E-state index in [2.05, 4.69) is 11.4 Å². The number of fused-ring (bicyclic) bond motifs is 1. The lowest BCUT2D eigenvalue weighted by molar-refractivity contribution is 0.414. The van der Waals surface area contributed by atoms with Gasteiger partial charge >= 0.3 is 0 Å². The molecule has 1 saturated heterocycles. The summed E-state index contributed by atoms with van der Waals surface area (Å²) in [6.07, 6.45) is 1.99. The second-order valence-electron chi connectivity index (χ2n) is 6.30. The van der Waals surface area contributed by atoms with Gasteiger partial charge in [-0.05, 0) is 61.9 Å². The molecular weight excluding hydrogens is 376 g/mol. The zero-order valence-corrected chi connectivity index (χ0v) is 18.4. The second kappa shape index (κ2) is 11.1. The summed E-state index contributed by atoms with van der Waals surface area (Å²) < 4.78 is 6.86. The van der Waals surface area contributed by atoms with Crippen molar-refractivity contribution in [2.75, 3.05) is 13.7 Å². The number of hydrogen-bond acceptors (Lipinski definition) is 5. The molecule has 1 aliphatic heterocycles. The van der Waals surface area contributed by atoms with Crippen molar-refractivity contribution in [3.63, 3.8) is 0 Å². The molecule has 0 radical (unpaired) electrons. The highest BCUT2D eigenvalue weighted by Crippen LogP contribution is 2.25. The number of hydrogen-bond donors (Lipinski definition) is 1. The SMILES string of the molecule is CC.CC.COc1ccc(-n2c(C3CCCN3)nc3ccc(C#N)cc3c2=O)cc1. The van der Waals surface area contributed by atoms with E-state index in [1.807, 2.05) is 52.0 Å². The van der Waals surface area contributed by atoms with Gasteiger partial charge in [-0.1, -0.05) is 27.7 Å². The Morgan fingerprint density at radius 1 is 1.13 bits per heavy atom. The molecule has 0 aliphatic carbocycles. The maximum atomic E-state index is 13.3. The number of benzene rings is 2. The standard InChI is InChI=1S/C20H18N4O2.2C2H6/c1-26-15-7-5-14(6-8-15)24-19(18-3-2-10-22-18)23-17-9-4-13(12-21)11-16(17)20(24)25;2*1-2/h4-9,11,18,22H,2-3,10H2,1H3;2*1-2H3. The average Bonchev–Trinajstić information content (AvgIpc) is 3.36. The quantitative estimate of drug-likeness (QED) is 0.679. The molecule has 1 aliphatic rings. The minimum Gasteiger partial charge on any atom is -0.497 e. The molecule has 158 valence electrons. The summed E-state index contributed by atoms with van der Waals surface area (Å²) in [5.41, 5.74) is 1.63. The average molecular weight is 407 g/mol. The van der Waals surface area contributed by atoms with Crippen LogP contribution in [0.4, 0.5) is 0 Å². The molecule has 0 amide bonds. The van der Waals surface area contributed by atoms with Crippen LogP contribution in [0.25, 0.3) is 16.6 Å². The zero-order chi connectivity index (χ0) is 22.1. The topological polar surface area (TPSA) is 79.9 Å². The Labute approximate surface area is 178 Å². The van der Waals surface area contributed by atoms with Gasteiger partial charge in [0.1, 0.15) is 11.6 Å². The highest BCUT2D eigenvalue weighted by atomic mass is 16.5. The first kappa shape index (κ1) is 23.1. The lowest BCUT2D eigenvalue weighted by Crippen LogP contribution is -2.28. The fourth-order valence-electron chi connectivity index (χ4n) is 3.39. The van der Waals surface area contributed by atoms with E-state index in [0.717, 1.165) is 30.8 Å². The van der Waals surface area contributed by atoms with Crippen molar-refractivity contribution in [3.8, 4) is 17.5 Å². The molecule has 4 rings (SSSR count). The maximum Gasteiger partial charge on any atom is 0.266 e. The molecule has 2 aromatic carbocycles. The van der Waals surface area contributed by atoms with E-state index in [9.17, 15) is 4.79 Å². The van der Waals surface area contributed by atoms with Crippen LogP contribution in [0, 0.1) is 11.3 Å². The number of ether oxygens (including phenoxy) is 1. The van der Waals surface area contributed by atoms with E-state index < -0.39 is 0 Å². The molecule has 6 nitrogen and oxygen atoms in total. The molecular formula is C24H30N4O2. The first-order valence-electron chi connectivity index (χ1n) is 10.6. The van der Waals surface area contributed by atoms with Crippen molar-refractivity contribution >= 4 is 10.9 Å². The smallest absolute Gasteiger partial charge is 0.266 e. The van der Waals surface area contributed by atoms with Crippen LogP contribution in [0.5, 0.6) is 5.75 Å². The van der Waals surface area contributed by atoms with Gasteiger partial charge in [-0.2, -0.15) is 5.26 Å². The van der Waals surface area contributed by atoms with Gasteiger partial charge in [0.2, 0.25) is 0 Å². The molecule has 1 N–H and O–H groups in total. The van der Waals surface area contributed by atoms with Gasteiger partial charge in [0, 0.05) is 0 Å². The number of methoxy groups -OCH3 is 1. The molecule has 1 atom stereocenters. The van der Waals surface area contributed by atoms with Gasteiger partial charge in [-0.25, -0.2) is 4.98 Å². The fourth-order valence-corrected chi connectivity index (χ4v) is 3.39. The van der Waals surface area contributed by atoms with Crippen molar-refractivity contribution in [2.24, 2.45) is 0 Å². The summed E-state index contributed by atoms with van der Waals surface area (Å²) in [7, 11) is 1.61. The zero-order valence-electron chi connectivity index (χ0n) is 18.4. The van der Waals surface area contributed by atoms with E-state index in [4.69, 9.17) is 15.0 Å². The third-order valence-corrected chi connectivity index (χ3v) is 4.73. The third-order valence-electron chi connectivity index (χ3n) is 4.73. The van der Waals surface area contributed by atoms with E-state index in [-0.39, 0.29) is 11.6 Å². The summed E-state index contributed by atoms with van der Waals surface area (Å²) in [6.45, 7) is 8.91. The highest BCUT2D eigenvalue weighted by molar-refractivity contribution is 5.79. The van der Waals surface area contributed by atoms with Crippen LogP contribution in [0.2, 0.25) is 0 Å². The van der Waals surface area contributed by atoms with E-state index >= 15 is 0 Å². The maximum absolute atomic E-state index is 13.3. The van der Waals surface area contributed by atoms with Crippen LogP contribution in [0.15, 0.2) is 47.3 Å². The Morgan fingerprint density at radius 3 is 2.40 bits per heavy atom. The van der Waals surface area contributed by atoms with E-state index in [1.165, 1.54) is 0 Å². The fraction of sp³-hybridized carbons (Fsp3) is 0.375. The lowest BCUT2D eigenvalue weighted by atomic mass is 10.1. The minimum atomic E-state index is -0.166. The summed E-state index contributed by atoms with van der Waals surface area (Å²) in [5, 5.41) is 13.0. The molecule has 0 bridgehead atoms. The molecule has 2 heterocycles. The van der Waals surface area contributed by atoms with Crippen LogP contribution in [-0.2, 0) is 0 Å². The van der Waals surface area contributed by atoms with Crippen molar-refractivity contribution in [1.29, 1.82) is 5.26 Å². The number of nitriles is 1. The normalized spacial score (nSPS) is 14.7. The molecule has 6 heteroatoms. The Balaban J connectivity index is 0.000000757. The summed E-state index contributed by atoms with van der Waals surface area (Å²) in [4.78, 5) is 18.1. The predicted molar refractivity (Wildman–Crippen MR) is 121 cm³/mol. The lowest BCUT2D eigenvalue weighted by Gasteiger charge is -2.18. The van der Waals surface area contributed by atoms with Crippen molar-refractivity contribution in [2.45, 2.75) is 46.6 Å². The van der Waals surface area contributed by atoms with Crippen molar-refractivity contribution in [1.82, 2.24) is 14.9 Å². The summed E-state index contributed by atoms with van der Waals surface area (Å²) in [5.74, 6) is 1.43. The summed E-state index contributed by atoms with van der Waals surface area (Å²) >= 11 is 0. The number of nitrogens with one attached hydrogen (secondary N) is 1. The van der Waals surface area contributed by atoms with Crippen LogP contribution >= 0.6 is 0 Å². The van der Waals surface area contributed by atoms with Crippen LogP contribution in [0.1, 0.15) is 58.0 Å². The first-order valence-corrected chi connectivity index (χ1v) is 10.6. The predicted octanol–water partition coefficient (Wildman–Crippen LogP) is 4.74. The Bertz CT molecular complexity index is 1060. The van der Waals surface area contributed by atoms with Crippen LogP contribution < -0.4 is 15.6 Å². The second-order valence-corrected chi connectivity index (χ2v) is 6.30. The first-order chi connectivity index (χ1) is 14.7. The van der Waals surface area contributed by atoms with E-state index in [1.54, 1.807) is 29.9 Å². The van der Waals surface area contributed by atoms with Crippen LogP contribution in [0.3, 0.4) is 0 Å². The van der Waals surface area contributed by atoms with Gasteiger partial charge in [0.05, 0.1) is 41.4 Å². The van der Waals surface area contributed by atoms with Crippen LogP contribution in [-0.4, -0.2) is 23.2 Å². The Morgan fingerprint density at radius 2 is 1.83 bits per heavy atom. The molecule has 3 aromatic rings. The number of aromatic nitrogens is 2. The van der Waals surface area contributed by atoms with Crippen molar-refractivity contribution < 1.29 is 4.74 Å². The molecule has 1 unspecified atom stereocenters. The molecule has 1 aromatic heterocycles. The number of nitrogens with zero attached hydrogens (tertiary/aromatic N) is 3. The van der Waals surface area contributed by atoms with Gasteiger partial charge in [-0.15, -0.1) is 0 Å². The van der Waals surface area contributed by atoms with Gasteiger partial charge < -0.3 is 10.1 Å². The largest absolute Gasteiger partial charge is 0.497 e. The number of rotatable bonds is 3. The third kappa shape index (κ3) is 4.69. The highest BCUT2D eigenvalue weighted by Gasteiger charge is 2.24. The molecule has 30 heavy (non-hydrogen) atoms. The molecule has 0 saturated carbocycles. The summed E-state index contributed by atoms with van der Waals surface area (Å²) in [6, 6.07) is 14.5. The van der Waals surface area contributed by atoms with Gasteiger partial charge in [0.15, 0.2) is 0 Å². The van der Waals surface area contributed by atoms with Gasteiger partial charge in [0.25, 0.3) is 5.56 Å².